The second kappa shape index (κ2) is 6.76. The smallest absolute Gasteiger partial charge is 0.133 e. The second-order valence-electron chi connectivity index (χ2n) is 7.16. The summed E-state index contributed by atoms with van der Waals surface area (Å²) < 4.78 is 3.17. The zero-order chi connectivity index (χ0) is 16.7. The molecule has 1 aliphatic heterocycles. The van der Waals surface area contributed by atoms with Gasteiger partial charge in [0.2, 0.25) is 0 Å². The molecular formula is C17H25IN6. The lowest BCUT2D eigenvalue weighted by Crippen LogP contribution is -2.49. The van der Waals surface area contributed by atoms with E-state index in [-0.39, 0.29) is 0 Å². The van der Waals surface area contributed by atoms with E-state index in [0.717, 1.165) is 26.3 Å². The zero-order valence-electron chi connectivity index (χ0n) is 14.2. The van der Waals surface area contributed by atoms with Crippen molar-refractivity contribution in [2.45, 2.75) is 37.8 Å². The molecule has 0 aromatic carbocycles. The van der Waals surface area contributed by atoms with Crippen LogP contribution in [0.3, 0.4) is 0 Å². The van der Waals surface area contributed by atoms with E-state index in [0.29, 0.717) is 6.04 Å². The number of hydrogen-bond acceptors (Lipinski definition) is 5. The molecule has 0 bridgehead atoms. The number of fused-ring (bicyclic) bond motifs is 1. The Hall–Kier alpha value is -0.930. The number of likely N-dealkylation sites (N-methyl/N-ethyl adjacent to an activating group) is 1. The minimum absolute atomic E-state index is 0.475. The predicted molar refractivity (Wildman–Crippen MR) is 105 cm³/mol. The van der Waals surface area contributed by atoms with Crippen LogP contribution in [0, 0.1) is 3.70 Å². The van der Waals surface area contributed by atoms with E-state index in [4.69, 9.17) is 10.8 Å². The van der Waals surface area contributed by atoms with Crippen LogP contribution < -0.4 is 5.73 Å². The number of aromatic nitrogens is 3. The molecule has 4 rings (SSSR count). The number of nitrogens with two attached hydrogens (primary N) is 1. The van der Waals surface area contributed by atoms with Gasteiger partial charge in [0.25, 0.3) is 0 Å². The topological polar surface area (TPSA) is 63.2 Å². The van der Waals surface area contributed by atoms with E-state index >= 15 is 0 Å². The standard InChI is InChI=1S/C17H25IN6/c1-22-6-8-23(9-7-22)12-2-4-13(5-3-12)24-15-11-20-10-14(19)16(15)17(18)21-24/h10-13H,2-9,19H2,1H3. The van der Waals surface area contributed by atoms with Gasteiger partial charge in [-0.3, -0.25) is 14.6 Å². The van der Waals surface area contributed by atoms with Crippen LogP contribution in [0.25, 0.3) is 10.9 Å². The summed E-state index contributed by atoms with van der Waals surface area (Å²) in [7, 11) is 2.22. The number of halogens is 1. The molecule has 2 aromatic heterocycles. The largest absolute Gasteiger partial charge is 0.397 e. The maximum Gasteiger partial charge on any atom is 0.133 e. The monoisotopic (exact) mass is 440 g/mol. The van der Waals surface area contributed by atoms with E-state index in [9.17, 15) is 0 Å². The van der Waals surface area contributed by atoms with Crippen LogP contribution in [0.5, 0.6) is 0 Å². The second-order valence-corrected chi connectivity index (χ2v) is 8.18. The van der Waals surface area contributed by atoms with Crippen molar-refractivity contribution < 1.29 is 0 Å². The Labute approximate surface area is 156 Å². The first-order valence-electron chi connectivity index (χ1n) is 8.83. The molecule has 130 valence electrons. The quantitative estimate of drug-likeness (QED) is 0.727. The van der Waals surface area contributed by atoms with Crippen LogP contribution in [0.2, 0.25) is 0 Å². The van der Waals surface area contributed by atoms with Gasteiger partial charge in [0.05, 0.1) is 35.0 Å². The number of hydrogen-bond donors (Lipinski definition) is 1. The van der Waals surface area contributed by atoms with Crippen molar-refractivity contribution in [2.24, 2.45) is 0 Å². The molecule has 1 saturated carbocycles. The van der Waals surface area contributed by atoms with Crippen LogP contribution in [0.1, 0.15) is 31.7 Å². The molecule has 1 saturated heterocycles. The highest BCUT2D eigenvalue weighted by molar-refractivity contribution is 14.1. The summed E-state index contributed by atoms with van der Waals surface area (Å²) in [5, 5.41) is 5.85. The van der Waals surface area contributed by atoms with Crippen LogP contribution in [-0.2, 0) is 0 Å². The summed E-state index contributed by atoms with van der Waals surface area (Å²) >= 11 is 2.29. The summed E-state index contributed by atoms with van der Waals surface area (Å²) in [5.74, 6) is 0. The average molecular weight is 440 g/mol. The van der Waals surface area contributed by atoms with Crippen molar-refractivity contribution in [1.82, 2.24) is 24.6 Å². The van der Waals surface area contributed by atoms with Crippen LogP contribution in [0.4, 0.5) is 5.69 Å². The van der Waals surface area contributed by atoms with Crippen molar-refractivity contribution in [3.05, 3.63) is 16.1 Å². The van der Waals surface area contributed by atoms with Crippen molar-refractivity contribution >= 4 is 39.2 Å². The molecule has 2 aromatic rings. The Bertz CT molecular complexity index is 713. The summed E-state index contributed by atoms with van der Waals surface area (Å²) in [6.45, 7) is 4.84. The molecule has 0 amide bonds. The minimum Gasteiger partial charge on any atom is -0.397 e. The first kappa shape index (κ1) is 16.5. The molecule has 0 spiro atoms. The molecule has 1 aliphatic carbocycles. The molecule has 7 heteroatoms. The van der Waals surface area contributed by atoms with E-state index < -0.39 is 0 Å². The molecule has 3 heterocycles. The van der Waals surface area contributed by atoms with Gasteiger partial charge in [-0.1, -0.05) is 0 Å². The molecule has 2 fully saturated rings. The van der Waals surface area contributed by atoms with Gasteiger partial charge in [0, 0.05) is 32.2 Å². The third-order valence-electron chi connectivity index (χ3n) is 5.67. The molecule has 0 radical (unpaired) electrons. The molecule has 6 nitrogen and oxygen atoms in total. The highest BCUT2D eigenvalue weighted by Crippen LogP contribution is 2.35. The number of piperazine rings is 1. The number of pyridine rings is 1. The fraction of sp³-hybridized carbons (Fsp3) is 0.647. The van der Waals surface area contributed by atoms with E-state index in [1.54, 1.807) is 6.20 Å². The third kappa shape index (κ3) is 3.01. The highest BCUT2D eigenvalue weighted by atomic mass is 127. The summed E-state index contributed by atoms with van der Waals surface area (Å²) in [6.07, 6.45) is 8.55. The van der Waals surface area contributed by atoms with Crippen molar-refractivity contribution in [3.8, 4) is 0 Å². The molecule has 24 heavy (non-hydrogen) atoms. The Morgan fingerprint density at radius 1 is 1.04 bits per heavy atom. The normalized spacial score (nSPS) is 26.9. The van der Waals surface area contributed by atoms with Crippen LogP contribution in [0.15, 0.2) is 12.4 Å². The van der Waals surface area contributed by atoms with Crippen molar-refractivity contribution in [1.29, 1.82) is 0 Å². The molecule has 0 unspecified atom stereocenters. The highest BCUT2D eigenvalue weighted by Gasteiger charge is 2.29. The molecule has 2 aliphatic rings. The van der Waals surface area contributed by atoms with Crippen molar-refractivity contribution in [2.75, 3.05) is 39.0 Å². The van der Waals surface area contributed by atoms with Gasteiger partial charge in [0.15, 0.2) is 0 Å². The number of rotatable bonds is 2. The lowest BCUT2D eigenvalue weighted by molar-refractivity contribution is 0.0815. The average Bonchev–Trinajstić information content (AvgIpc) is 2.94. The van der Waals surface area contributed by atoms with Gasteiger partial charge in [-0.05, 0) is 55.3 Å². The maximum atomic E-state index is 6.10. The first-order valence-corrected chi connectivity index (χ1v) is 9.91. The van der Waals surface area contributed by atoms with Gasteiger partial charge in [-0.25, -0.2) is 0 Å². The molecule has 2 N–H and O–H groups in total. The summed E-state index contributed by atoms with van der Waals surface area (Å²) in [5.41, 5.74) is 7.92. The predicted octanol–water partition coefficient (Wildman–Crippen LogP) is 2.35. The van der Waals surface area contributed by atoms with Gasteiger partial charge in [-0.2, -0.15) is 5.10 Å². The number of anilines is 1. The molecule has 0 atom stereocenters. The maximum absolute atomic E-state index is 6.10. The first-order chi connectivity index (χ1) is 11.6. The van der Waals surface area contributed by atoms with Crippen molar-refractivity contribution in [3.63, 3.8) is 0 Å². The zero-order valence-corrected chi connectivity index (χ0v) is 16.3. The van der Waals surface area contributed by atoms with E-state index in [1.165, 1.54) is 51.9 Å². The minimum atomic E-state index is 0.475. The fourth-order valence-corrected chi connectivity index (χ4v) is 5.02. The SMILES string of the molecule is CN1CCN(C2CCC(n3nc(I)c4c(N)cncc43)CC2)CC1. The Balaban J connectivity index is 1.47. The van der Waals surface area contributed by atoms with Gasteiger partial charge in [0.1, 0.15) is 3.70 Å². The number of nitrogen functional groups attached to an aromatic ring is 1. The van der Waals surface area contributed by atoms with E-state index in [2.05, 4.69) is 49.1 Å². The lowest BCUT2D eigenvalue weighted by atomic mass is 9.90. The summed E-state index contributed by atoms with van der Waals surface area (Å²) in [4.78, 5) is 9.40. The van der Waals surface area contributed by atoms with Gasteiger partial charge < -0.3 is 10.6 Å². The van der Waals surface area contributed by atoms with Crippen LogP contribution >= 0.6 is 22.6 Å². The van der Waals surface area contributed by atoms with Gasteiger partial charge in [-0.15, -0.1) is 0 Å². The summed E-state index contributed by atoms with van der Waals surface area (Å²) in [6, 6.07) is 1.22. The Morgan fingerprint density at radius 2 is 1.71 bits per heavy atom. The lowest BCUT2D eigenvalue weighted by Gasteiger charge is -2.41. The third-order valence-corrected chi connectivity index (χ3v) is 6.43. The fourth-order valence-electron chi connectivity index (χ4n) is 4.20. The van der Waals surface area contributed by atoms with E-state index in [1.807, 2.05) is 6.20 Å². The van der Waals surface area contributed by atoms with Crippen LogP contribution in [-0.4, -0.2) is 63.8 Å². The Kier molecular flexibility index (Phi) is 4.66. The Morgan fingerprint density at radius 3 is 2.42 bits per heavy atom. The van der Waals surface area contributed by atoms with Gasteiger partial charge >= 0.3 is 0 Å². The molecular weight excluding hydrogens is 415 g/mol. The number of nitrogens with zero attached hydrogens (tertiary/aromatic N) is 5.